The molecule has 0 aliphatic carbocycles. The van der Waals surface area contributed by atoms with Gasteiger partial charge in [-0.1, -0.05) is 103 Å². The third kappa shape index (κ3) is 7.63. The van der Waals surface area contributed by atoms with E-state index in [1.807, 2.05) is 91.0 Å². The molecule has 7 heteroatoms. The molecule has 3 aromatic rings. The Labute approximate surface area is 217 Å². The van der Waals surface area contributed by atoms with E-state index in [0.717, 1.165) is 16.7 Å². The normalized spacial score (nSPS) is 23.8. The Morgan fingerprint density at radius 1 is 0.778 bits per heavy atom. The Morgan fingerprint density at radius 3 is 1.75 bits per heavy atom. The van der Waals surface area contributed by atoms with Crippen molar-refractivity contribution in [3.8, 4) is 0 Å². The molecule has 1 aliphatic rings. The average molecular weight is 510 g/mol. The molecule has 1 amide bonds. The fourth-order valence-corrected chi connectivity index (χ4v) is 4.55. The summed E-state index contributed by atoms with van der Waals surface area (Å²) in [5.74, 6) is -0.219. The summed E-state index contributed by atoms with van der Waals surface area (Å²) in [5.41, 5.74) is 2.28. The van der Waals surface area contributed by atoms with Gasteiger partial charge in [-0.25, -0.2) is 0 Å². The van der Waals surface area contributed by atoms with E-state index in [9.17, 15) is 4.79 Å². The minimum atomic E-state index is -0.809. The largest absolute Gasteiger partial charge is 0.374 e. The van der Waals surface area contributed by atoms with E-state index in [-0.39, 0.29) is 12.5 Å². The summed E-state index contributed by atoms with van der Waals surface area (Å²) in [6.45, 7) is 2.84. The van der Waals surface area contributed by atoms with Crippen LogP contribution in [0.25, 0.3) is 0 Å². The summed E-state index contributed by atoms with van der Waals surface area (Å²) in [6.07, 6.45) is -1.58. The molecule has 1 heterocycles. The summed E-state index contributed by atoms with van der Waals surface area (Å²) >= 11 is 6.65. The molecule has 0 radical (unpaired) electrons. The van der Waals surface area contributed by atoms with Crippen LogP contribution in [-0.2, 0) is 43.6 Å². The lowest BCUT2D eigenvalue weighted by atomic mass is 9.97. The molecule has 5 atom stereocenters. The van der Waals surface area contributed by atoms with E-state index in [2.05, 4.69) is 5.32 Å². The molecule has 1 aliphatic heterocycles. The Bertz CT molecular complexity index is 1050. The highest BCUT2D eigenvalue weighted by Gasteiger charge is 2.47. The van der Waals surface area contributed by atoms with Crippen LogP contribution in [0.5, 0.6) is 0 Å². The summed E-state index contributed by atoms with van der Waals surface area (Å²) in [7, 11) is 0. The van der Waals surface area contributed by atoms with Gasteiger partial charge in [0.15, 0.2) is 5.56 Å². The molecular weight excluding hydrogens is 478 g/mol. The monoisotopic (exact) mass is 509 g/mol. The highest BCUT2D eigenvalue weighted by atomic mass is 35.5. The molecule has 1 saturated heterocycles. The fraction of sp³-hybridized carbons (Fsp3) is 0.345. The molecule has 36 heavy (non-hydrogen) atoms. The molecule has 4 rings (SSSR count). The Hall–Kier alpha value is -2.74. The first-order valence-corrected chi connectivity index (χ1v) is 12.5. The summed E-state index contributed by atoms with van der Waals surface area (Å²) in [4.78, 5) is 12.0. The maximum atomic E-state index is 12.0. The first kappa shape index (κ1) is 26.3. The second kappa shape index (κ2) is 13.5. The van der Waals surface area contributed by atoms with Gasteiger partial charge in [0, 0.05) is 6.92 Å². The summed E-state index contributed by atoms with van der Waals surface area (Å²) in [6, 6.07) is 29.1. The van der Waals surface area contributed by atoms with E-state index >= 15 is 0 Å². The number of rotatable bonds is 11. The number of alkyl halides is 1. The first-order valence-electron chi connectivity index (χ1n) is 12.1. The molecule has 1 N–H and O–H groups in total. The predicted molar refractivity (Wildman–Crippen MR) is 138 cm³/mol. The van der Waals surface area contributed by atoms with E-state index in [4.69, 9.17) is 30.5 Å². The Morgan fingerprint density at radius 2 is 1.25 bits per heavy atom. The van der Waals surface area contributed by atoms with Gasteiger partial charge in [-0.3, -0.25) is 4.79 Å². The lowest BCUT2D eigenvalue weighted by Crippen LogP contribution is -2.64. The van der Waals surface area contributed by atoms with Crippen molar-refractivity contribution in [2.75, 3.05) is 6.61 Å². The zero-order valence-corrected chi connectivity index (χ0v) is 21.1. The van der Waals surface area contributed by atoms with E-state index in [1.54, 1.807) is 0 Å². The second-order valence-electron chi connectivity index (χ2n) is 8.78. The van der Waals surface area contributed by atoms with Gasteiger partial charge in [0.05, 0.1) is 32.5 Å². The van der Waals surface area contributed by atoms with Gasteiger partial charge in [-0.05, 0) is 16.7 Å². The van der Waals surface area contributed by atoms with Gasteiger partial charge >= 0.3 is 0 Å². The van der Waals surface area contributed by atoms with Gasteiger partial charge in [0.25, 0.3) is 0 Å². The molecule has 6 nitrogen and oxygen atoms in total. The predicted octanol–water partition coefficient (Wildman–Crippen LogP) is 4.84. The molecule has 1 fully saturated rings. The van der Waals surface area contributed by atoms with Crippen LogP contribution >= 0.6 is 11.6 Å². The van der Waals surface area contributed by atoms with E-state index in [0.29, 0.717) is 19.8 Å². The number of carbonyl (C=O) groups excluding carboxylic acids is 1. The van der Waals surface area contributed by atoms with E-state index in [1.165, 1.54) is 6.92 Å². The first-order chi connectivity index (χ1) is 17.6. The second-order valence-corrected chi connectivity index (χ2v) is 9.21. The van der Waals surface area contributed by atoms with Crippen molar-refractivity contribution in [3.05, 3.63) is 108 Å². The minimum absolute atomic E-state index is 0.219. The van der Waals surface area contributed by atoms with Crippen LogP contribution in [0, 0.1) is 0 Å². The van der Waals surface area contributed by atoms with Crippen LogP contribution in [0.15, 0.2) is 91.0 Å². The summed E-state index contributed by atoms with van der Waals surface area (Å²) in [5, 5.41) is 2.91. The van der Waals surface area contributed by atoms with Crippen LogP contribution < -0.4 is 5.32 Å². The molecule has 0 bridgehead atoms. The fourth-order valence-electron chi connectivity index (χ4n) is 4.21. The number of nitrogens with one attached hydrogen (secondary N) is 1. The van der Waals surface area contributed by atoms with Gasteiger partial charge in [0.2, 0.25) is 5.91 Å². The smallest absolute Gasteiger partial charge is 0.217 e. The Balaban J connectivity index is 1.53. The molecule has 0 aromatic heterocycles. The number of carbonyl (C=O) groups is 1. The third-order valence-electron chi connectivity index (χ3n) is 5.97. The highest BCUT2D eigenvalue weighted by molar-refractivity contribution is 6.20. The topological polar surface area (TPSA) is 66.0 Å². The number of ether oxygens (including phenoxy) is 4. The SMILES string of the molecule is CC(=O)N[C@H]1C(Cl)O[C@H](COCc2ccccc2)[C@@H](OCc2ccccc2)[C@@H]1OCc1ccccc1. The number of amides is 1. The van der Waals surface area contributed by atoms with Crippen molar-refractivity contribution < 1.29 is 23.7 Å². The number of hydrogen-bond donors (Lipinski definition) is 1. The molecular formula is C29H32ClNO5. The zero-order chi connectivity index (χ0) is 25.2. The van der Waals surface area contributed by atoms with Crippen molar-refractivity contribution in [2.45, 2.75) is 56.7 Å². The number of benzene rings is 3. The average Bonchev–Trinajstić information content (AvgIpc) is 2.90. The van der Waals surface area contributed by atoms with Gasteiger partial charge in [0.1, 0.15) is 18.3 Å². The third-order valence-corrected chi connectivity index (χ3v) is 6.34. The van der Waals surface area contributed by atoms with Gasteiger partial charge in [-0.2, -0.15) is 0 Å². The molecule has 0 saturated carbocycles. The van der Waals surface area contributed by atoms with Crippen molar-refractivity contribution in [1.82, 2.24) is 5.32 Å². The molecule has 0 spiro atoms. The Kier molecular flexibility index (Phi) is 9.90. The molecule has 1 unspecified atom stereocenters. The molecule has 190 valence electrons. The van der Waals surface area contributed by atoms with Crippen molar-refractivity contribution >= 4 is 17.5 Å². The maximum absolute atomic E-state index is 12.0. The van der Waals surface area contributed by atoms with Crippen LogP contribution in [-0.4, -0.2) is 42.4 Å². The van der Waals surface area contributed by atoms with Gasteiger partial charge in [-0.15, -0.1) is 0 Å². The number of halogens is 1. The minimum Gasteiger partial charge on any atom is -0.374 e. The van der Waals surface area contributed by atoms with E-state index < -0.39 is 29.9 Å². The maximum Gasteiger partial charge on any atom is 0.217 e. The van der Waals surface area contributed by atoms with Crippen LogP contribution in [0.2, 0.25) is 0 Å². The highest BCUT2D eigenvalue weighted by Crippen LogP contribution is 2.30. The standard InChI is InChI=1S/C29H32ClNO5/c1-21(32)31-26-28(35-19-24-15-9-4-10-16-24)27(34-18-23-13-7-3-8-14-23)25(36-29(26)30)20-33-17-22-11-5-2-6-12-22/h2-16,25-29H,17-20H2,1H3,(H,31,32)/t25-,26-,27-,28-,29?/m1/s1. The van der Waals surface area contributed by atoms with Crippen LogP contribution in [0.1, 0.15) is 23.6 Å². The summed E-state index contributed by atoms with van der Waals surface area (Å²) < 4.78 is 24.9. The van der Waals surface area contributed by atoms with Crippen molar-refractivity contribution in [2.24, 2.45) is 0 Å². The lowest BCUT2D eigenvalue weighted by Gasteiger charge is -2.44. The lowest BCUT2D eigenvalue weighted by molar-refractivity contribution is -0.217. The quantitative estimate of drug-likeness (QED) is 0.375. The van der Waals surface area contributed by atoms with Crippen LogP contribution in [0.3, 0.4) is 0 Å². The zero-order valence-electron chi connectivity index (χ0n) is 20.3. The van der Waals surface area contributed by atoms with Gasteiger partial charge < -0.3 is 24.3 Å². The number of hydrogen-bond acceptors (Lipinski definition) is 5. The van der Waals surface area contributed by atoms with Crippen molar-refractivity contribution in [1.29, 1.82) is 0 Å². The van der Waals surface area contributed by atoms with Crippen LogP contribution in [0.4, 0.5) is 0 Å². The van der Waals surface area contributed by atoms with Crippen molar-refractivity contribution in [3.63, 3.8) is 0 Å². The molecule has 3 aromatic carbocycles.